The molecule has 1 aliphatic heterocycles. The van der Waals surface area contributed by atoms with Gasteiger partial charge in [-0.3, -0.25) is 0 Å². The second-order valence-corrected chi connectivity index (χ2v) is 5.69. The van der Waals surface area contributed by atoms with E-state index in [9.17, 15) is 13.2 Å². The van der Waals surface area contributed by atoms with E-state index < -0.39 is 11.9 Å². The first kappa shape index (κ1) is 16.6. The number of nitrogens with zero attached hydrogens (tertiary/aromatic N) is 2. The Morgan fingerprint density at radius 2 is 2.04 bits per heavy atom. The average Bonchev–Trinajstić information content (AvgIpc) is 3.14. The Hall–Kier alpha value is -2.28. The normalized spacial score (nSPS) is 16.7. The average molecular weight is 337 g/mol. The highest BCUT2D eigenvalue weighted by molar-refractivity contribution is 6.10. The van der Waals surface area contributed by atoms with Gasteiger partial charge in [-0.2, -0.15) is 18.3 Å². The van der Waals surface area contributed by atoms with Crippen molar-refractivity contribution in [1.29, 1.82) is 0 Å². The van der Waals surface area contributed by atoms with Gasteiger partial charge in [0, 0.05) is 41.4 Å². The predicted octanol–water partition coefficient (Wildman–Crippen LogP) is 3.32. The van der Waals surface area contributed by atoms with E-state index in [1.54, 1.807) is 6.08 Å². The summed E-state index contributed by atoms with van der Waals surface area (Å²) in [6, 6.07) is 7.62. The fraction of sp³-hybridized carbons (Fsp3) is 0.353. The van der Waals surface area contributed by atoms with Crippen LogP contribution in [0, 0.1) is 0 Å². The monoisotopic (exact) mass is 337 g/mol. The lowest BCUT2D eigenvalue weighted by Crippen LogP contribution is -2.23. The van der Waals surface area contributed by atoms with Gasteiger partial charge in [0.1, 0.15) is 0 Å². The van der Waals surface area contributed by atoms with Gasteiger partial charge in [0.05, 0.1) is 6.54 Å². The Bertz CT molecular complexity index is 790. The Morgan fingerprint density at radius 3 is 2.79 bits per heavy atom. The van der Waals surface area contributed by atoms with Crippen LogP contribution in [0.1, 0.15) is 18.4 Å². The second kappa shape index (κ2) is 6.68. The maximum atomic E-state index is 13.0. The molecule has 4 nitrogen and oxygen atoms in total. The molecule has 128 valence electrons. The summed E-state index contributed by atoms with van der Waals surface area (Å²) in [5, 5.41) is 13.2. The predicted molar refractivity (Wildman–Crippen MR) is 87.7 cm³/mol. The third kappa shape index (κ3) is 3.31. The van der Waals surface area contributed by atoms with Gasteiger partial charge < -0.3 is 15.1 Å². The fourth-order valence-electron chi connectivity index (χ4n) is 2.88. The molecule has 2 N–H and O–H groups in total. The quantitative estimate of drug-likeness (QED) is 0.823. The third-order valence-corrected chi connectivity index (χ3v) is 3.99. The van der Waals surface area contributed by atoms with Gasteiger partial charge in [0.2, 0.25) is 0 Å². The van der Waals surface area contributed by atoms with Crippen molar-refractivity contribution in [3.05, 3.63) is 41.6 Å². The molecule has 0 unspecified atom stereocenters. The van der Waals surface area contributed by atoms with Crippen LogP contribution in [0.25, 0.3) is 17.0 Å². The van der Waals surface area contributed by atoms with Gasteiger partial charge >= 0.3 is 6.18 Å². The molecule has 0 atom stereocenters. The SMILES string of the molecule is OCCCCn1cc(C=C2CNN=C2C(F)(F)F)c2ccccc21. The van der Waals surface area contributed by atoms with Crippen LogP contribution in [0.2, 0.25) is 0 Å². The molecule has 2 heterocycles. The molecule has 24 heavy (non-hydrogen) atoms. The van der Waals surface area contributed by atoms with Crippen molar-refractivity contribution in [3.63, 3.8) is 0 Å². The van der Waals surface area contributed by atoms with E-state index in [0.29, 0.717) is 13.0 Å². The first-order chi connectivity index (χ1) is 11.5. The molecule has 0 bridgehead atoms. The summed E-state index contributed by atoms with van der Waals surface area (Å²) < 4.78 is 41.0. The number of halogens is 3. The van der Waals surface area contributed by atoms with E-state index in [-0.39, 0.29) is 18.7 Å². The standard InChI is InChI=1S/C17H18F3N3O/c18-17(19,20)16-12(10-21-22-16)9-13-11-23(7-3-4-8-24)15-6-2-1-5-14(13)15/h1-2,5-6,9,11,21,24H,3-4,7-8,10H2. The Morgan fingerprint density at radius 1 is 1.25 bits per heavy atom. The zero-order chi connectivity index (χ0) is 17.2. The molecular weight excluding hydrogens is 319 g/mol. The molecule has 0 spiro atoms. The minimum Gasteiger partial charge on any atom is -0.396 e. The van der Waals surface area contributed by atoms with E-state index in [1.165, 1.54) is 0 Å². The molecule has 2 aromatic rings. The van der Waals surface area contributed by atoms with Gasteiger partial charge in [-0.25, -0.2) is 0 Å². The Labute approximate surface area is 137 Å². The summed E-state index contributed by atoms with van der Waals surface area (Å²) in [4.78, 5) is 0. The van der Waals surface area contributed by atoms with Crippen LogP contribution in [0.15, 0.2) is 41.1 Å². The first-order valence-corrected chi connectivity index (χ1v) is 7.78. The van der Waals surface area contributed by atoms with Crippen LogP contribution in [0.5, 0.6) is 0 Å². The molecule has 0 saturated carbocycles. The number of benzene rings is 1. The Balaban J connectivity index is 1.98. The highest BCUT2D eigenvalue weighted by Crippen LogP contribution is 2.29. The highest BCUT2D eigenvalue weighted by atomic mass is 19.4. The Kier molecular flexibility index (Phi) is 4.62. The van der Waals surface area contributed by atoms with Crippen LogP contribution in [-0.4, -0.2) is 34.7 Å². The second-order valence-electron chi connectivity index (χ2n) is 5.69. The maximum Gasteiger partial charge on any atom is 0.435 e. The lowest BCUT2D eigenvalue weighted by molar-refractivity contribution is -0.0580. The smallest absolute Gasteiger partial charge is 0.396 e. The molecule has 1 aliphatic rings. The van der Waals surface area contributed by atoms with Crippen LogP contribution in [0.3, 0.4) is 0 Å². The molecule has 0 radical (unpaired) electrons. The largest absolute Gasteiger partial charge is 0.435 e. The molecule has 0 aliphatic carbocycles. The number of rotatable bonds is 5. The lowest BCUT2D eigenvalue weighted by atomic mass is 10.1. The number of hydrazone groups is 1. The van der Waals surface area contributed by atoms with E-state index >= 15 is 0 Å². The minimum atomic E-state index is -4.46. The fourth-order valence-corrected chi connectivity index (χ4v) is 2.88. The van der Waals surface area contributed by atoms with Crippen molar-refractivity contribution in [2.24, 2.45) is 5.10 Å². The number of aliphatic hydroxyl groups excluding tert-OH is 1. The lowest BCUT2D eigenvalue weighted by Gasteiger charge is -2.06. The van der Waals surface area contributed by atoms with Gasteiger partial charge in [-0.05, 0) is 25.0 Å². The van der Waals surface area contributed by atoms with Crippen molar-refractivity contribution >= 4 is 22.7 Å². The highest BCUT2D eigenvalue weighted by Gasteiger charge is 2.40. The van der Waals surface area contributed by atoms with E-state index in [1.807, 2.05) is 35.0 Å². The van der Waals surface area contributed by atoms with Gasteiger partial charge in [0.25, 0.3) is 0 Å². The molecule has 0 saturated heterocycles. The molecule has 0 amide bonds. The molecular formula is C17H18F3N3O. The number of aromatic nitrogens is 1. The van der Waals surface area contributed by atoms with Crippen molar-refractivity contribution < 1.29 is 18.3 Å². The van der Waals surface area contributed by atoms with Crippen molar-refractivity contribution in [2.75, 3.05) is 13.2 Å². The van der Waals surface area contributed by atoms with Gasteiger partial charge in [0.15, 0.2) is 5.71 Å². The number of aliphatic hydroxyl groups is 1. The number of para-hydroxylation sites is 1. The summed E-state index contributed by atoms with van der Waals surface area (Å²) in [5.74, 6) is 0. The topological polar surface area (TPSA) is 49.5 Å². The molecule has 3 rings (SSSR count). The van der Waals surface area contributed by atoms with Gasteiger partial charge in [-0.1, -0.05) is 18.2 Å². The first-order valence-electron chi connectivity index (χ1n) is 7.78. The van der Waals surface area contributed by atoms with Crippen molar-refractivity contribution in [2.45, 2.75) is 25.6 Å². The number of nitrogens with one attached hydrogen (secondary N) is 1. The number of unbranched alkanes of at least 4 members (excludes halogenated alkanes) is 1. The number of fused-ring (bicyclic) bond motifs is 1. The van der Waals surface area contributed by atoms with Crippen molar-refractivity contribution in [1.82, 2.24) is 9.99 Å². The summed E-state index contributed by atoms with van der Waals surface area (Å²) in [6.45, 7) is 0.911. The molecule has 7 heteroatoms. The molecule has 1 aromatic carbocycles. The van der Waals surface area contributed by atoms with Gasteiger partial charge in [-0.15, -0.1) is 0 Å². The maximum absolute atomic E-state index is 13.0. The minimum absolute atomic E-state index is 0.0683. The summed E-state index contributed by atoms with van der Waals surface area (Å²) in [5.41, 5.74) is 3.40. The summed E-state index contributed by atoms with van der Waals surface area (Å²) in [7, 11) is 0. The van der Waals surface area contributed by atoms with Crippen molar-refractivity contribution in [3.8, 4) is 0 Å². The van der Waals surface area contributed by atoms with Crippen LogP contribution in [0.4, 0.5) is 13.2 Å². The summed E-state index contributed by atoms with van der Waals surface area (Å²) in [6.07, 6.45) is 0.452. The summed E-state index contributed by atoms with van der Waals surface area (Å²) >= 11 is 0. The number of hydrogen-bond acceptors (Lipinski definition) is 3. The van der Waals surface area contributed by atoms with Crippen LogP contribution in [-0.2, 0) is 6.54 Å². The third-order valence-electron chi connectivity index (χ3n) is 3.99. The zero-order valence-electron chi connectivity index (χ0n) is 13.0. The van der Waals surface area contributed by atoms with E-state index in [4.69, 9.17) is 5.11 Å². The van der Waals surface area contributed by atoms with Crippen LogP contribution >= 0.6 is 0 Å². The molecule has 0 fully saturated rings. The number of aryl methyl sites for hydroxylation is 1. The van der Waals surface area contributed by atoms with E-state index in [0.717, 1.165) is 22.9 Å². The number of hydrogen-bond donors (Lipinski definition) is 2. The molecule has 1 aromatic heterocycles. The van der Waals surface area contributed by atoms with E-state index in [2.05, 4.69) is 10.5 Å². The zero-order valence-corrected chi connectivity index (χ0v) is 13.0. The number of alkyl halides is 3. The van der Waals surface area contributed by atoms with Crippen LogP contribution < -0.4 is 5.43 Å².